The minimum Gasteiger partial charge on any atom is -0.461 e. The Bertz CT molecular complexity index is 838. The molecule has 5 nitrogen and oxygen atoms in total. The van der Waals surface area contributed by atoms with E-state index in [0.717, 1.165) is 23.1 Å². The molecule has 1 aromatic heterocycles. The third-order valence-electron chi connectivity index (χ3n) is 3.85. The normalized spacial score (nSPS) is 10.6. The molecule has 1 heterocycles. The summed E-state index contributed by atoms with van der Waals surface area (Å²) in [5, 5.41) is 10.6. The number of H-pyrrole nitrogens is 1. The quantitative estimate of drug-likeness (QED) is 0.724. The Kier molecular flexibility index (Phi) is 4.70. The van der Waals surface area contributed by atoms with Gasteiger partial charge in [-0.3, -0.25) is 0 Å². The maximum absolute atomic E-state index is 12.0. The van der Waals surface area contributed by atoms with Gasteiger partial charge in [-0.15, -0.1) is 5.10 Å². The summed E-state index contributed by atoms with van der Waals surface area (Å²) >= 11 is 0. The van der Waals surface area contributed by atoms with Gasteiger partial charge in [0.1, 0.15) is 5.69 Å². The largest absolute Gasteiger partial charge is 0.461 e. The number of hydrogen-bond acceptors (Lipinski definition) is 4. The highest BCUT2D eigenvalue weighted by Crippen LogP contribution is 2.27. The highest BCUT2D eigenvalue weighted by atomic mass is 16.5. The number of rotatable bonds is 5. The van der Waals surface area contributed by atoms with Crippen LogP contribution in [0.4, 0.5) is 0 Å². The monoisotopic (exact) mass is 321 g/mol. The first-order chi connectivity index (χ1) is 11.7. The summed E-state index contributed by atoms with van der Waals surface area (Å²) in [6, 6.07) is 16.4. The van der Waals surface area contributed by atoms with E-state index in [1.54, 1.807) is 6.92 Å². The van der Waals surface area contributed by atoms with Crippen LogP contribution in [0.2, 0.25) is 0 Å². The standard InChI is InChI=1S/C19H19N3O2/c1-3-13-8-10-14(11-9-13)15-6-5-7-16(12-15)17-18(21-22-20-17)19(23)24-4-2/h5-12H,3-4H2,1-2H3,(H,20,21,22). The molecule has 0 bridgehead atoms. The van der Waals surface area contributed by atoms with Gasteiger partial charge in [-0.05, 0) is 36.1 Å². The zero-order chi connectivity index (χ0) is 16.9. The van der Waals surface area contributed by atoms with Crippen LogP contribution in [0.5, 0.6) is 0 Å². The molecular weight excluding hydrogens is 302 g/mol. The first-order valence-electron chi connectivity index (χ1n) is 8.00. The zero-order valence-electron chi connectivity index (χ0n) is 13.7. The highest BCUT2D eigenvalue weighted by Gasteiger charge is 2.19. The molecule has 24 heavy (non-hydrogen) atoms. The van der Waals surface area contributed by atoms with Crippen LogP contribution in [-0.4, -0.2) is 28.0 Å². The molecule has 0 saturated carbocycles. The summed E-state index contributed by atoms with van der Waals surface area (Å²) < 4.78 is 5.03. The molecule has 0 unspecified atom stereocenters. The lowest BCUT2D eigenvalue weighted by Gasteiger charge is -2.06. The third kappa shape index (κ3) is 3.20. The molecule has 122 valence electrons. The van der Waals surface area contributed by atoms with Gasteiger partial charge in [0.05, 0.1) is 6.61 Å². The molecule has 5 heteroatoms. The number of aromatic nitrogens is 3. The number of hydrogen-bond donors (Lipinski definition) is 1. The van der Waals surface area contributed by atoms with Crippen molar-refractivity contribution in [3.05, 3.63) is 59.8 Å². The second kappa shape index (κ2) is 7.08. The number of aromatic amines is 1. The maximum atomic E-state index is 12.0. The highest BCUT2D eigenvalue weighted by molar-refractivity contribution is 5.94. The summed E-state index contributed by atoms with van der Waals surface area (Å²) in [6.07, 6.45) is 1.02. The van der Waals surface area contributed by atoms with Gasteiger partial charge in [-0.25, -0.2) is 4.79 Å². The van der Waals surface area contributed by atoms with Crippen LogP contribution in [0.25, 0.3) is 22.4 Å². The van der Waals surface area contributed by atoms with Crippen LogP contribution >= 0.6 is 0 Å². The fraction of sp³-hybridized carbons (Fsp3) is 0.211. The summed E-state index contributed by atoms with van der Waals surface area (Å²) in [7, 11) is 0. The number of aryl methyl sites for hydroxylation is 1. The van der Waals surface area contributed by atoms with Gasteiger partial charge in [-0.2, -0.15) is 10.3 Å². The Labute approximate surface area is 140 Å². The first-order valence-corrected chi connectivity index (χ1v) is 8.00. The molecule has 2 aromatic carbocycles. The van der Waals surface area contributed by atoms with Gasteiger partial charge in [0.2, 0.25) is 0 Å². The van der Waals surface area contributed by atoms with Crippen LogP contribution in [0.3, 0.4) is 0 Å². The molecule has 0 saturated heterocycles. The zero-order valence-corrected chi connectivity index (χ0v) is 13.7. The minimum absolute atomic E-state index is 0.204. The molecule has 0 radical (unpaired) electrons. The topological polar surface area (TPSA) is 67.9 Å². The van der Waals surface area contributed by atoms with E-state index < -0.39 is 5.97 Å². The lowest BCUT2D eigenvalue weighted by Crippen LogP contribution is -2.06. The van der Waals surface area contributed by atoms with Gasteiger partial charge in [0.15, 0.2) is 5.69 Å². The SMILES string of the molecule is CCOC(=O)c1n[nH]nc1-c1cccc(-c2ccc(CC)cc2)c1. The number of carbonyl (C=O) groups excluding carboxylic acids is 1. The van der Waals surface area contributed by atoms with E-state index >= 15 is 0 Å². The minimum atomic E-state index is -0.473. The maximum Gasteiger partial charge on any atom is 0.361 e. The summed E-state index contributed by atoms with van der Waals surface area (Å²) in [5.41, 5.74) is 5.01. The van der Waals surface area contributed by atoms with Crippen LogP contribution in [0.15, 0.2) is 48.5 Å². The number of carbonyl (C=O) groups is 1. The second-order valence-electron chi connectivity index (χ2n) is 5.37. The molecular formula is C19H19N3O2. The van der Waals surface area contributed by atoms with Crippen molar-refractivity contribution in [2.24, 2.45) is 0 Å². The van der Waals surface area contributed by atoms with E-state index in [2.05, 4.69) is 46.6 Å². The van der Waals surface area contributed by atoms with Gasteiger partial charge in [0, 0.05) is 5.56 Å². The molecule has 0 atom stereocenters. The molecule has 0 fully saturated rings. The van der Waals surface area contributed by atoms with E-state index in [1.165, 1.54) is 5.56 Å². The average molecular weight is 321 g/mol. The number of esters is 1. The van der Waals surface area contributed by atoms with Gasteiger partial charge >= 0.3 is 5.97 Å². The molecule has 3 rings (SSSR count). The van der Waals surface area contributed by atoms with Crippen molar-refractivity contribution < 1.29 is 9.53 Å². The summed E-state index contributed by atoms with van der Waals surface area (Å²) in [4.78, 5) is 12.0. The van der Waals surface area contributed by atoms with Crippen molar-refractivity contribution in [3.63, 3.8) is 0 Å². The smallest absolute Gasteiger partial charge is 0.361 e. The second-order valence-corrected chi connectivity index (χ2v) is 5.37. The van der Waals surface area contributed by atoms with E-state index in [0.29, 0.717) is 12.3 Å². The van der Waals surface area contributed by atoms with Gasteiger partial charge in [0.25, 0.3) is 0 Å². The van der Waals surface area contributed by atoms with Crippen molar-refractivity contribution in [1.82, 2.24) is 15.4 Å². The number of ether oxygens (including phenoxy) is 1. The summed E-state index contributed by atoms with van der Waals surface area (Å²) in [6.45, 7) is 4.20. The lowest BCUT2D eigenvalue weighted by atomic mass is 9.99. The Morgan fingerprint density at radius 3 is 2.46 bits per heavy atom. The molecule has 0 aliphatic rings. The summed E-state index contributed by atoms with van der Waals surface area (Å²) in [5.74, 6) is -0.473. The van der Waals surface area contributed by atoms with Crippen LogP contribution in [0, 0.1) is 0 Å². The van der Waals surface area contributed by atoms with Gasteiger partial charge in [-0.1, -0.05) is 49.4 Å². The number of nitrogens with one attached hydrogen (secondary N) is 1. The van der Waals surface area contributed by atoms with Crippen LogP contribution in [-0.2, 0) is 11.2 Å². The molecule has 0 spiro atoms. The van der Waals surface area contributed by atoms with Crippen molar-refractivity contribution in [2.45, 2.75) is 20.3 Å². The van der Waals surface area contributed by atoms with Crippen molar-refractivity contribution in [2.75, 3.05) is 6.61 Å². The average Bonchev–Trinajstić information content (AvgIpc) is 3.12. The van der Waals surface area contributed by atoms with E-state index in [1.807, 2.05) is 24.3 Å². The van der Waals surface area contributed by atoms with Gasteiger partial charge < -0.3 is 4.74 Å². The van der Waals surface area contributed by atoms with Crippen molar-refractivity contribution in [3.8, 4) is 22.4 Å². The molecule has 3 aromatic rings. The first kappa shape index (κ1) is 15.9. The van der Waals surface area contributed by atoms with Crippen LogP contribution in [0.1, 0.15) is 29.9 Å². The molecule has 1 N–H and O–H groups in total. The fourth-order valence-electron chi connectivity index (χ4n) is 2.55. The lowest BCUT2D eigenvalue weighted by molar-refractivity contribution is 0.0520. The molecule has 0 aliphatic heterocycles. The number of nitrogens with zero attached hydrogens (tertiary/aromatic N) is 2. The molecule has 0 aliphatic carbocycles. The Balaban J connectivity index is 1.96. The Hall–Kier alpha value is -2.95. The van der Waals surface area contributed by atoms with E-state index in [-0.39, 0.29) is 5.69 Å². The van der Waals surface area contributed by atoms with E-state index in [9.17, 15) is 4.79 Å². The fourth-order valence-corrected chi connectivity index (χ4v) is 2.55. The van der Waals surface area contributed by atoms with Crippen LogP contribution < -0.4 is 0 Å². The third-order valence-corrected chi connectivity index (χ3v) is 3.85. The molecule has 0 amide bonds. The number of benzene rings is 2. The Morgan fingerprint density at radius 2 is 1.75 bits per heavy atom. The van der Waals surface area contributed by atoms with Crippen molar-refractivity contribution >= 4 is 5.97 Å². The predicted molar refractivity (Wildman–Crippen MR) is 92.6 cm³/mol. The Morgan fingerprint density at radius 1 is 1.00 bits per heavy atom. The van der Waals surface area contributed by atoms with E-state index in [4.69, 9.17) is 4.74 Å². The predicted octanol–water partition coefficient (Wildman–Crippen LogP) is 3.88. The van der Waals surface area contributed by atoms with Crippen molar-refractivity contribution in [1.29, 1.82) is 0 Å².